The number of carbonyl (C=O) groups is 2. The molecule has 1 fully saturated rings. The van der Waals surface area contributed by atoms with E-state index in [1.165, 1.54) is 4.90 Å². The number of benzene rings is 1. The van der Waals surface area contributed by atoms with E-state index < -0.39 is 6.09 Å². The van der Waals surface area contributed by atoms with Gasteiger partial charge in [-0.3, -0.25) is 0 Å². The average molecular weight is 469 g/mol. The van der Waals surface area contributed by atoms with Gasteiger partial charge >= 0.3 is 12.1 Å². The lowest BCUT2D eigenvalue weighted by Crippen LogP contribution is -2.43. The number of amides is 3. The van der Waals surface area contributed by atoms with Crippen LogP contribution in [0.3, 0.4) is 0 Å². The number of nitrogens with zero attached hydrogens (tertiary/aromatic N) is 4. The van der Waals surface area contributed by atoms with Crippen LogP contribution in [0.25, 0.3) is 11.4 Å². The molecular weight excluding hydrogens is 436 g/mol. The number of hydrogen-bond acceptors (Lipinski definition) is 6. The van der Waals surface area contributed by atoms with Crippen molar-refractivity contribution in [1.29, 1.82) is 0 Å². The fraction of sp³-hybridized carbons (Fsp3) is 0.500. The van der Waals surface area contributed by atoms with E-state index in [9.17, 15) is 14.7 Å². The van der Waals surface area contributed by atoms with E-state index in [0.29, 0.717) is 37.8 Å². The smallest absolute Gasteiger partial charge is 0.407 e. The lowest BCUT2D eigenvalue weighted by Gasteiger charge is -2.38. The highest BCUT2D eigenvalue weighted by atomic mass is 16.5. The fourth-order valence-electron chi connectivity index (χ4n) is 4.45. The highest BCUT2D eigenvalue weighted by Gasteiger charge is 2.36. The van der Waals surface area contributed by atoms with Gasteiger partial charge in [0.25, 0.3) is 0 Å². The third kappa shape index (κ3) is 5.06. The van der Waals surface area contributed by atoms with Crippen molar-refractivity contribution in [3.8, 4) is 11.4 Å². The van der Waals surface area contributed by atoms with Crippen LogP contribution in [0.2, 0.25) is 0 Å². The second-order valence-electron chi connectivity index (χ2n) is 8.91. The molecule has 3 N–H and O–H groups in total. The van der Waals surface area contributed by atoms with E-state index in [2.05, 4.69) is 29.4 Å². The zero-order valence-electron chi connectivity index (χ0n) is 19.9. The maximum atomic E-state index is 11.9. The van der Waals surface area contributed by atoms with Crippen LogP contribution in [0.1, 0.15) is 37.9 Å². The molecule has 0 radical (unpaired) electrons. The first kappa shape index (κ1) is 23.7. The van der Waals surface area contributed by atoms with Crippen LogP contribution < -0.4 is 15.5 Å². The van der Waals surface area contributed by atoms with Gasteiger partial charge in [-0.2, -0.15) is 0 Å². The van der Waals surface area contributed by atoms with Gasteiger partial charge in [0.2, 0.25) is 0 Å². The van der Waals surface area contributed by atoms with Gasteiger partial charge in [-0.15, -0.1) is 0 Å². The predicted molar refractivity (Wildman–Crippen MR) is 129 cm³/mol. The monoisotopic (exact) mass is 468 g/mol. The largest absolute Gasteiger partial charge is 0.465 e. The van der Waals surface area contributed by atoms with Crippen molar-refractivity contribution in [2.75, 3.05) is 49.6 Å². The van der Waals surface area contributed by atoms with Crippen LogP contribution in [0.4, 0.5) is 21.1 Å². The van der Waals surface area contributed by atoms with Gasteiger partial charge in [-0.1, -0.05) is 13.8 Å². The summed E-state index contributed by atoms with van der Waals surface area (Å²) in [4.78, 5) is 37.2. The van der Waals surface area contributed by atoms with Crippen LogP contribution in [-0.4, -0.2) is 71.5 Å². The van der Waals surface area contributed by atoms with Gasteiger partial charge < -0.3 is 30.3 Å². The first-order valence-electron chi connectivity index (χ1n) is 11.7. The summed E-state index contributed by atoms with van der Waals surface area (Å²) >= 11 is 0. The third-order valence-electron chi connectivity index (χ3n) is 6.26. The van der Waals surface area contributed by atoms with Crippen molar-refractivity contribution in [2.45, 2.75) is 33.2 Å². The molecule has 2 aliphatic rings. The molecule has 2 aromatic rings. The summed E-state index contributed by atoms with van der Waals surface area (Å²) in [5, 5.41) is 15.2. The van der Waals surface area contributed by atoms with Gasteiger partial charge in [0.15, 0.2) is 5.82 Å². The van der Waals surface area contributed by atoms with Crippen molar-refractivity contribution in [3.63, 3.8) is 0 Å². The van der Waals surface area contributed by atoms with Gasteiger partial charge in [0, 0.05) is 48.9 Å². The Morgan fingerprint density at radius 2 is 1.88 bits per heavy atom. The topological polar surface area (TPSA) is 120 Å². The van der Waals surface area contributed by atoms with Crippen LogP contribution in [0.15, 0.2) is 24.3 Å². The number of hydrogen-bond donors (Lipinski definition) is 3. The van der Waals surface area contributed by atoms with E-state index in [1.54, 1.807) is 0 Å². The molecule has 0 bridgehead atoms. The lowest BCUT2D eigenvalue weighted by molar-refractivity contribution is 0.121. The van der Waals surface area contributed by atoms with Crippen molar-refractivity contribution < 1.29 is 19.4 Å². The lowest BCUT2D eigenvalue weighted by atomic mass is 9.84. The minimum absolute atomic E-state index is 0.00963. The highest BCUT2D eigenvalue weighted by molar-refractivity contribution is 5.89. The molecule has 4 rings (SSSR count). The molecule has 1 atom stereocenters. The number of urea groups is 1. The molecule has 0 aliphatic carbocycles. The molecule has 0 saturated carbocycles. The van der Waals surface area contributed by atoms with Gasteiger partial charge in [0.05, 0.1) is 25.5 Å². The van der Waals surface area contributed by atoms with Crippen molar-refractivity contribution >= 4 is 23.6 Å². The number of ether oxygens (including phenoxy) is 1. The van der Waals surface area contributed by atoms with E-state index in [1.807, 2.05) is 31.2 Å². The molecule has 10 nitrogen and oxygen atoms in total. The maximum absolute atomic E-state index is 11.9. The van der Waals surface area contributed by atoms with Crippen molar-refractivity contribution in [2.24, 2.45) is 5.92 Å². The number of carbonyl (C=O) groups excluding carboxylic acids is 1. The molecule has 34 heavy (non-hydrogen) atoms. The second-order valence-corrected chi connectivity index (χ2v) is 8.91. The van der Waals surface area contributed by atoms with Crippen molar-refractivity contribution in [1.82, 2.24) is 20.2 Å². The maximum Gasteiger partial charge on any atom is 0.407 e. The number of nitrogens with one attached hydrogen (secondary N) is 2. The molecule has 10 heteroatoms. The number of fused-ring (bicyclic) bond motifs is 1. The molecular formula is C24H32N6O4. The normalized spacial score (nSPS) is 17.9. The summed E-state index contributed by atoms with van der Waals surface area (Å²) in [5.74, 6) is 1.65. The molecule has 3 amide bonds. The Hall–Kier alpha value is -3.40. The van der Waals surface area contributed by atoms with Gasteiger partial charge in [-0.05, 0) is 37.1 Å². The third-order valence-corrected chi connectivity index (χ3v) is 6.26. The average Bonchev–Trinajstić information content (AvgIpc) is 2.83. The van der Waals surface area contributed by atoms with Crippen LogP contribution in [0.5, 0.6) is 0 Å². The summed E-state index contributed by atoms with van der Waals surface area (Å²) in [6, 6.07) is 7.09. The molecule has 1 unspecified atom stereocenters. The fourth-order valence-corrected chi connectivity index (χ4v) is 4.45. The Morgan fingerprint density at radius 3 is 2.50 bits per heavy atom. The summed E-state index contributed by atoms with van der Waals surface area (Å²) < 4.78 is 5.55. The Labute approximate surface area is 199 Å². The van der Waals surface area contributed by atoms with E-state index in [-0.39, 0.29) is 24.4 Å². The molecule has 1 aromatic heterocycles. The molecule has 3 heterocycles. The Bertz CT molecular complexity index is 1040. The Kier molecular flexibility index (Phi) is 7.16. The number of rotatable bonds is 5. The van der Waals surface area contributed by atoms with Gasteiger partial charge in [-0.25, -0.2) is 19.6 Å². The summed E-state index contributed by atoms with van der Waals surface area (Å²) in [7, 11) is 0. The molecule has 1 aromatic carbocycles. The predicted octanol–water partition coefficient (Wildman–Crippen LogP) is 3.35. The van der Waals surface area contributed by atoms with Crippen LogP contribution in [-0.2, 0) is 11.3 Å². The minimum atomic E-state index is -0.940. The zero-order valence-corrected chi connectivity index (χ0v) is 19.9. The second kappa shape index (κ2) is 10.3. The standard InChI is InChI=1S/C24H32N6O4/c1-4-25-23(31)26-17-7-5-16(6-8-17)21-27-19-14-30(24(32)33)13-18(15(2)3)20(19)22(28-21)29-9-11-34-12-10-29/h5-8,15,18H,4,9-14H2,1-3H3,(H,32,33)(H2,25,26,31). The SMILES string of the molecule is CCNC(=O)Nc1ccc(-c2nc3c(c(N4CCOCC4)n2)C(C(C)C)CN(C(=O)O)C3)cc1. The van der Waals surface area contributed by atoms with Crippen LogP contribution in [0, 0.1) is 5.92 Å². The molecule has 182 valence electrons. The summed E-state index contributed by atoms with van der Waals surface area (Å²) in [5.41, 5.74) is 3.27. The van der Waals surface area contributed by atoms with Crippen LogP contribution >= 0.6 is 0 Å². The molecule has 0 spiro atoms. The highest BCUT2D eigenvalue weighted by Crippen LogP contribution is 2.39. The first-order chi connectivity index (χ1) is 16.4. The number of carboxylic acid groups (broad SMARTS) is 1. The molecule has 2 aliphatic heterocycles. The number of morpholine rings is 1. The zero-order chi connectivity index (χ0) is 24.2. The summed E-state index contributed by atoms with van der Waals surface area (Å²) in [6.07, 6.45) is -0.940. The summed E-state index contributed by atoms with van der Waals surface area (Å²) in [6.45, 7) is 9.99. The van der Waals surface area contributed by atoms with E-state index in [0.717, 1.165) is 35.7 Å². The van der Waals surface area contributed by atoms with Gasteiger partial charge in [0.1, 0.15) is 5.82 Å². The minimum Gasteiger partial charge on any atom is -0.465 e. The Morgan fingerprint density at radius 1 is 1.18 bits per heavy atom. The Balaban J connectivity index is 1.75. The van der Waals surface area contributed by atoms with Crippen molar-refractivity contribution in [3.05, 3.63) is 35.5 Å². The number of aromatic nitrogens is 2. The van der Waals surface area contributed by atoms with E-state index in [4.69, 9.17) is 14.7 Å². The number of anilines is 2. The molecule has 1 saturated heterocycles. The first-order valence-corrected chi connectivity index (χ1v) is 11.7. The quantitative estimate of drug-likeness (QED) is 0.615. The van der Waals surface area contributed by atoms with E-state index >= 15 is 0 Å².